The summed E-state index contributed by atoms with van der Waals surface area (Å²) < 4.78 is 13.5. The molecule has 0 amide bonds. The summed E-state index contributed by atoms with van der Waals surface area (Å²) in [5.41, 5.74) is 1.57. The average Bonchev–Trinajstić information content (AvgIpc) is 2.34. The van der Waals surface area contributed by atoms with E-state index in [0.717, 1.165) is 10.5 Å². The number of hydrogen-bond donors (Lipinski definition) is 0. The Hall–Kier alpha value is -1.79. The van der Waals surface area contributed by atoms with Gasteiger partial charge in [0.25, 0.3) is 0 Å². The van der Waals surface area contributed by atoms with E-state index in [1.165, 1.54) is 17.8 Å². The van der Waals surface area contributed by atoms with Gasteiger partial charge in [-0.15, -0.1) is 0 Å². The number of aryl methyl sites for hydroxylation is 1. The highest BCUT2D eigenvalue weighted by Crippen LogP contribution is 2.34. The van der Waals surface area contributed by atoms with Crippen molar-refractivity contribution in [2.45, 2.75) is 16.7 Å². The van der Waals surface area contributed by atoms with Gasteiger partial charge in [0.15, 0.2) is 0 Å². The number of nitrogens with zero attached hydrogens (tertiary/aromatic N) is 1. The minimum atomic E-state index is -0.260. The van der Waals surface area contributed by atoms with Gasteiger partial charge in [-0.3, -0.25) is 0 Å². The van der Waals surface area contributed by atoms with E-state index in [0.29, 0.717) is 10.5 Å². The van der Waals surface area contributed by atoms with Gasteiger partial charge < -0.3 is 0 Å². The van der Waals surface area contributed by atoms with Crippen molar-refractivity contribution in [2.24, 2.45) is 0 Å². The third-order valence-corrected chi connectivity index (χ3v) is 3.68. The second-order valence-corrected chi connectivity index (χ2v) is 4.65. The van der Waals surface area contributed by atoms with Crippen molar-refractivity contribution in [3.8, 4) is 6.07 Å². The molecular formula is C14H10FNS. The Labute approximate surface area is 104 Å². The van der Waals surface area contributed by atoms with Gasteiger partial charge in [0.2, 0.25) is 0 Å². The molecule has 0 bridgehead atoms. The van der Waals surface area contributed by atoms with Crippen LogP contribution >= 0.6 is 11.8 Å². The summed E-state index contributed by atoms with van der Waals surface area (Å²) in [5, 5.41) is 9.03. The molecule has 3 heteroatoms. The van der Waals surface area contributed by atoms with Gasteiger partial charge in [-0.05, 0) is 30.7 Å². The summed E-state index contributed by atoms with van der Waals surface area (Å²) in [7, 11) is 0. The van der Waals surface area contributed by atoms with Gasteiger partial charge in [0.1, 0.15) is 11.9 Å². The fourth-order valence-corrected chi connectivity index (χ4v) is 2.50. The molecule has 1 nitrogen and oxygen atoms in total. The zero-order valence-electron chi connectivity index (χ0n) is 9.27. The molecule has 0 atom stereocenters. The van der Waals surface area contributed by atoms with Crippen LogP contribution in [0.15, 0.2) is 52.3 Å². The van der Waals surface area contributed by atoms with Crippen LogP contribution in [-0.4, -0.2) is 0 Å². The predicted molar refractivity (Wildman–Crippen MR) is 66.4 cm³/mol. The van der Waals surface area contributed by atoms with Crippen molar-refractivity contribution in [2.75, 3.05) is 0 Å². The Kier molecular flexibility index (Phi) is 3.46. The Morgan fingerprint density at radius 1 is 1.12 bits per heavy atom. The third kappa shape index (κ3) is 2.48. The Bertz CT molecular complexity index is 587. The van der Waals surface area contributed by atoms with Crippen molar-refractivity contribution in [3.05, 3.63) is 59.4 Å². The van der Waals surface area contributed by atoms with E-state index in [2.05, 4.69) is 6.07 Å². The maximum atomic E-state index is 13.5. The summed E-state index contributed by atoms with van der Waals surface area (Å²) in [5.74, 6) is -0.260. The Morgan fingerprint density at radius 3 is 2.59 bits per heavy atom. The van der Waals surface area contributed by atoms with E-state index in [4.69, 9.17) is 5.26 Å². The molecule has 0 aliphatic heterocycles. The molecule has 2 aromatic rings. The monoisotopic (exact) mass is 243 g/mol. The topological polar surface area (TPSA) is 23.8 Å². The number of rotatable bonds is 2. The molecule has 17 heavy (non-hydrogen) atoms. The van der Waals surface area contributed by atoms with Crippen LogP contribution in [-0.2, 0) is 0 Å². The molecule has 0 heterocycles. The van der Waals surface area contributed by atoms with Crippen molar-refractivity contribution in [1.82, 2.24) is 0 Å². The van der Waals surface area contributed by atoms with Gasteiger partial charge in [-0.1, -0.05) is 36.0 Å². The van der Waals surface area contributed by atoms with Crippen LogP contribution in [0.5, 0.6) is 0 Å². The Balaban J connectivity index is 2.44. The minimum absolute atomic E-state index is 0.260. The zero-order valence-corrected chi connectivity index (χ0v) is 10.1. The lowest BCUT2D eigenvalue weighted by molar-refractivity contribution is 0.602. The second-order valence-electron chi connectivity index (χ2n) is 3.60. The van der Waals surface area contributed by atoms with E-state index >= 15 is 0 Å². The first kappa shape index (κ1) is 11.7. The maximum Gasteiger partial charge on any atom is 0.137 e. The van der Waals surface area contributed by atoms with Crippen molar-refractivity contribution >= 4 is 11.8 Å². The standard InChI is InChI=1S/C14H10FNS/c1-10-5-4-6-11(9-16)14(10)17-13-8-3-2-7-12(13)15/h2-8H,1H3. The number of nitriles is 1. The first-order chi connectivity index (χ1) is 8.22. The molecule has 0 aliphatic carbocycles. The summed E-state index contributed by atoms with van der Waals surface area (Å²) in [6, 6.07) is 14.2. The van der Waals surface area contributed by atoms with Crippen LogP contribution < -0.4 is 0 Å². The highest BCUT2D eigenvalue weighted by Gasteiger charge is 2.09. The predicted octanol–water partition coefficient (Wildman–Crippen LogP) is 4.16. The molecule has 0 radical (unpaired) electrons. The van der Waals surface area contributed by atoms with Crippen molar-refractivity contribution in [1.29, 1.82) is 5.26 Å². The van der Waals surface area contributed by atoms with E-state index < -0.39 is 0 Å². The quantitative estimate of drug-likeness (QED) is 0.790. The summed E-state index contributed by atoms with van der Waals surface area (Å²) in [4.78, 5) is 1.36. The largest absolute Gasteiger partial charge is 0.206 e. The van der Waals surface area contributed by atoms with Gasteiger partial charge >= 0.3 is 0 Å². The van der Waals surface area contributed by atoms with Gasteiger partial charge in [-0.25, -0.2) is 4.39 Å². The summed E-state index contributed by atoms with van der Waals surface area (Å²) in [6.45, 7) is 1.92. The van der Waals surface area contributed by atoms with Crippen molar-refractivity contribution < 1.29 is 4.39 Å². The normalized spacial score (nSPS) is 9.94. The lowest BCUT2D eigenvalue weighted by Crippen LogP contribution is -1.87. The minimum Gasteiger partial charge on any atom is -0.206 e. The fraction of sp³-hybridized carbons (Fsp3) is 0.0714. The lowest BCUT2D eigenvalue weighted by atomic mass is 10.1. The van der Waals surface area contributed by atoms with Gasteiger partial charge in [0, 0.05) is 9.79 Å². The molecule has 0 spiro atoms. The molecule has 0 N–H and O–H groups in total. The van der Waals surface area contributed by atoms with Crippen LogP contribution in [0.25, 0.3) is 0 Å². The van der Waals surface area contributed by atoms with E-state index in [-0.39, 0.29) is 5.82 Å². The first-order valence-corrected chi connectivity index (χ1v) is 5.96. The lowest BCUT2D eigenvalue weighted by Gasteiger charge is -2.07. The molecule has 2 aromatic carbocycles. The molecule has 0 aliphatic rings. The molecule has 2 rings (SSSR count). The van der Waals surface area contributed by atoms with E-state index in [1.807, 2.05) is 19.1 Å². The van der Waals surface area contributed by atoms with E-state index in [1.54, 1.807) is 24.3 Å². The van der Waals surface area contributed by atoms with Gasteiger partial charge in [0.05, 0.1) is 5.56 Å². The summed E-state index contributed by atoms with van der Waals surface area (Å²) in [6.07, 6.45) is 0. The number of benzene rings is 2. The molecule has 0 unspecified atom stereocenters. The van der Waals surface area contributed by atoms with Crippen LogP contribution in [0.4, 0.5) is 4.39 Å². The third-order valence-electron chi connectivity index (χ3n) is 2.38. The fourth-order valence-electron chi connectivity index (χ4n) is 1.51. The van der Waals surface area contributed by atoms with Crippen molar-refractivity contribution in [3.63, 3.8) is 0 Å². The van der Waals surface area contributed by atoms with Crippen LogP contribution in [0.2, 0.25) is 0 Å². The van der Waals surface area contributed by atoms with Crippen LogP contribution in [0, 0.1) is 24.1 Å². The van der Waals surface area contributed by atoms with Crippen LogP contribution in [0.1, 0.15) is 11.1 Å². The molecule has 0 saturated heterocycles. The molecule has 0 saturated carbocycles. The second kappa shape index (κ2) is 5.03. The average molecular weight is 243 g/mol. The molecular weight excluding hydrogens is 233 g/mol. The number of hydrogen-bond acceptors (Lipinski definition) is 2. The molecule has 84 valence electrons. The maximum absolute atomic E-state index is 13.5. The van der Waals surface area contributed by atoms with E-state index in [9.17, 15) is 4.39 Å². The van der Waals surface area contributed by atoms with Crippen LogP contribution in [0.3, 0.4) is 0 Å². The molecule has 0 aromatic heterocycles. The smallest absolute Gasteiger partial charge is 0.137 e. The summed E-state index contributed by atoms with van der Waals surface area (Å²) >= 11 is 1.29. The highest BCUT2D eigenvalue weighted by atomic mass is 32.2. The Morgan fingerprint density at radius 2 is 1.88 bits per heavy atom. The van der Waals surface area contributed by atoms with Gasteiger partial charge in [-0.2, -0.15) is 5.26 Å². The molecule has 0 fully saturated rings. The highest BCUT2D eigenvalue weighted by molar-refractivity contribution is 7.99. The first-order valence-electron chi connectivity index (χ1n) is 5.14. The number of halogens is 1. The zero-order chi connectivity index (χ0) is 12.3. The SMILES string of the molecule is Cc1cccc(C#N)c1Sc1ccccc1F.